The molecule has 468 valence electrons. The molecule has 0 spiro atoms. The van der Waals surface area contributed by atoms with E-state index < -0.39 is 12.1 Å². The summed E-state index contributed by atoms with van der Waals surface area (Å²) in [6, 6.07) is -0.543. The highest BCUT2D eigenvalue weighted by Gasteiger charge is 2.20. The largest absolute Gasteiger partial charge is 0.466 e. The van der Waals surface area contributed by atoms with Gasteiger partial charge >= 0.3 is 5.97 Å². The lowest BCUT2D eigenvalue weighted by atomic mass is 10.0. The first-order chi connectivity index (χ1) is 39.0. The van der Waals surface area contributed by atoms with Crippen LogP contribution in [-0.4, -0.2) is 47.4 Å². The van der Waals surface area contributed by atoms with Crippen molar-refractivity contribution in [2.75, 3.05) is 13.2 Å². The van der Waals surface area contributed by atoms with Gasteiger partial charge in [0.1, 0.15) is 0 Å². The second-order valence-corrected chi connectivity index (χ2v) is 24.9. The number of esters is 1. The lowest BCUT2D eigenvalue weighted by Gasteiger charge is -2.22. The molecule has 0 aliphatic heterocycles. The van der Waals surface area contributed by atoms with Crippen LogP contribution in [0, 0.1) is 0 Å². The van der Waals surface area contributed by atoms with Gasteiger partial charge in [-0.25, -0.2) is 0 Å². The summed E-state index contributed by atoms with van der Waals surface area (Å²) in [4.78, 5) is 24.7. The number of carbonyl (C=O) groups excluding carboxylic acids is 2. The molecule has 0 aliphatic carbocycles. The molecule has 0 aromatic heterocycles. The molecule has 0 heterocycles. The van der Waals surface area contributed by atoms with Crippen molar-refractivity contribution < 1.29 is 24.5 Å². The number of allylic oxidation sites excluding steroid dienone is 4. The maximum absolute atomic E-state index is 12.6. The van der Waals surface area contributed by atoms with Crippen molar-refractivity contribution in [2.24, 2.45) is 0 Å². The Labute approximate surface area is 494 Å². The smallest absolute Gasteiger partial charge is 0.305 e. The number of carbonyl (C=O) groups is 2. The number of aliphatic hydroxyl groups is 2. The first-order valence-corrected chi connectivity index (χ1v) is 36.1. The Bertz CT molecular complexity index is 1230. The van der Waals surface area contributed by atoms with Crippen LogP contribution in [0.5, 0.6) is 0 Å². The molecule has 0 aromatic carbocycles. The molecule has 0 fully saturated rings. The van der Waals surface area contributed by atoms with Crippen LogP contribution in [0.15, 0.2) is 24.3 Å². The molecule has 3 N–H and O–H groups in total. The molecule has 6 nitrogen and oxygen atoms in total. The van der Waals surface area contributed by atoms with Crippen molar-refractivity contribution >= 4 is 11.9 Å². The van der Waals surface area contributed by atoms with Gasteiger partial charge in [0.25, 0.3) is 0 Å². The highest BCUT2D eigenvalue weighted by Crippen LogP contribution is 2.19. The molecule has 6 heteroatoms. The molecule has 2 unspecified atom stereocenters. The third kappa shape index (κ3) is 65.4. The maximum Gasteiger partial charge on any atom is 0.305 e. The molecule has 2 atom stereocenters. The number of hydrogen-bond acceptors (Lipinski definition) is 5. The monoisotopic (exact) mass is 1110 g/mol. The first-order valence-electron chi connectivity index (χ1n) is 36.1. The average Bonchev–Trinajstić information content (AvgIpc) is 3.45. The van der Waals surface area contributed by atoms with E-state index in [-0.39, 0.29) is 18.5 Å². The van der Waals surface area contributed by atoms with E-state index in [1.807, 2.05) is 0 Å². The number of ether oxygens (including phenoxy) is 1. The number of rotatable bonds is 68. The van der Waals surface area contributed by atoms with Crippen LogP contribution < -0.4 is 5.32 Å². The number of amides is 1. The zero-order chi connectivity index (χ0) is 57.1. The van der Waals surface area contributed by atoms with Crippen molar-refractivity contribution in [1.82, 2.24) is 5.32 Å². The summed E-state index contributed by atoms with van der Waals surface area (Å²) < 4.78 is 5.51. The van der Waals surface area contributed by atoms with Gasteiger partial charge in [0.15, 0.2) is 0 Å². The Kier molecular flexibility index (Phi) is 67.4. The van der Waals surface area contributed by atoms with E-state index in [9.17, 15) is 19.8 Å². The fraction of sp³-hybridized carbons (Fsp3) is 0.918. The molecule has 79 heavy (non-hydrogen) atoms. The third-order valence-corrected chi connectivity index (χ3v) is 17.0. The summed E-state index contributed by atoms with van der Waals surface area (Å²) in [5.74, 6) is -0.0218. The van der Waals surface area contributed by atoms with E-state index in [0.717, 1.165) is 51.4 Å². The van der Waals surface area contributed by atoms with Crippen LogP contribution in [0.25, 0.3) is 0 Å². The Morgan fingerprint density at radius 2 is 0.633 bits per heavy atom. The highest BCUT2D eigenvalue weighted by atomic mass is 16.5. The summed E-state index contributed by atoms with van der Waals surface area (Å²) in [7, 11) is 0. The van der Waals surface area contributed by atoms with Crippen molar-refractivity contribution in [3.8, 4) is 0 Å². The predicted molar refractivity (Wildman–Crippen MR) is 347 cm³/mol. The standard InChI is InChI=1S/C73H141NO5/c1-3-5-7-9-11-13-15-17-19-21-23-24-26-30-33-37-41-45-49-53-57-61-65-71(76)70(69-75)74-72(77)66-62-58-54-50-46-42-38-34-31-27-25-28-32-36-40-44-48-52-56-60-64-68-79-73(78)67-63-59-55-51-47-43-39-35-29-22-20-18-16-14-12-10-8-6-4-2/h12,14,18,20,70-71,75-76H,3-11,13,15-17,19,21-69H2,1-2H3,(H,74,77)/b14-12-,20-18-. The summed E-state index contributed by atoms with van der Waals surface area (Å²) >= 11 is 0. The normalized spacial score (nSPS) is 12.6. The van der Waals surface area contributed by atoms with Gasteiger partial charge in [0.2, 0.25) is 5.91 Å². The van der Waals surface area contributed by atoms with E-state index in [2.05, 4.69) is 43.5 Å². The highest BCUT2D eigenvalue weighted by molar-refractivity contribution is 5.76. The van der Waals surface area contributed by atoms with Gasteiger partial charge in [0, 0.05) is 12.8 Å². The third-order valence-electron chi connectivity index (χ3n) is 17.0. The molecule has 0 radical (unpaired) electrons. The number of nitrogens with one attached hydrogen (secondary N) is 1. The fourth-order valence-corrected chi connectivity index (χ4v) is 11.5. The number of hydrogen-bond donors (Lipinski definition) is 3. The van der Waals surface area contributed by atoms with Crippen LogP contribution >= 0.6 is 0 Å². The molecule has 0 bridgehead atoms. The van der Waals surface area contributed by atoms with Gasteiger partial charge in [-0.15, -0.1) is 0 Å². The number of aliphatic hydroxyl groups excluding tert-OH is 2. The van der Waals surface area contributed by atoms with Gasteiger partial charge in [-0.2, -0.15) is 0 Å². The second kappa shape index (κ2) is 68.8. The van der Waals surface area contributed by atoms with Crippen molar-refractivity contribution in [3.63, 3.8) is 0 Å². The van der Waals surface area contributed by atoms with E-state index in [1.165, 1.54) is 321 Å². The Morgan fingerprint density at radius 1 is 0.354 bits per heavy atom. The van der Waals surface area contributed by atoms with Crippen LogP contribution in [0.1, 0.15) is 406 Å². The van der Waals surface area contributed by atoms with E-state index >= 15 is 0 Å². The van der Waals surface area contributed by atoms with Gasteiger partial charge < -0.3 is 20.3 Å². The van der Waals surface area contributed by atoms with Crippen LogP contribution in [0.4, 0.5) is 0 Å². The summed E-state index contributed by atoms with van der Waals surface area (Å²) in [6.07, 6.45) is 86.5. The van der Waals surface area contributed by atoms with Crippen molar-refractivity contribution in [3.05, 3.63) is 24.3 Å². The maximum atomic E-state index is 12.6. The van der Waals surface area contributed by atoms with Gasteiger partial charge in [-0.05, 0) is 57.8 Å². The Morgan fingerprint density at radius 3 is 0.987 bits per heavy atom. The zero-order valence-corrected chi connectivity index (χ0v) is 53.6. The summed E-state index contributed by atoms with van der Waals surface area (Å²) in [5, 5.41) is 23.4. The van der Waals surface area contributed by atoms with E-state index in [0.29, 0.717) is 25.9 Å². The first kappa shape index (κ1) is 77.3. The lowest BCUT2D eigenvalue weighted by Crippen LogP contribution is -2.45. The molecule has 0 rings (SSSR count). The zero-order valence-electron chi connectivity index (χ0n) is 53.6. The topological polar surface area (TPSA) is 95.9 Å². The van der Waals surface area contributed by atoms with Crippen LogP contribution in [-0.2, 0) is 14.3 Å². The fourth-order valence-electron chi connectivity index (χ4n) is 11.5. The average molecular weight is 1110 g/mol. The van der Waals surface area contributed by atoms with E-state index in [4.69, 9.17) is 4.74 Å². The molecule has 1 amide bonds. The molecule has 0 saturated heterocycles. The minimum absolute atomic E-state index is 0.00943. The predicted octanol–water partition coefficient (Wildman–Crippen LogP) is 23.3. The van der Waals surface area contributed by atoms with E-state index in [1.54, 1.807) is 0 Å². The molecule has 0 saturated carbocycles. The lowest BCUT2D eigenvalue weighted by molar-refractivity contribution is -0.143. The summed E-state index contributed by atoms with van der Waals surface area (Å²) in [5.41, 5.74) is 0. The molecule has 0 aromatic rings. The number of unbranched alkanes of at least 4 members (excludes halogenated alkanes) is 53. The van der Waals surface area contributed by atoms with Gasteiger partial charge in [0.05, 0.1) is 25.4 Å². The summed E-state index contributed by atoms with van der Waals surface area (Å²) in [6.45, 7) is 4.97. The van der Waals surface area contributed by atoms with Crippen LogP contribution in [0.3, 0.4) is 0 Å². The molecule has 0 aliphatic rings. The molecular formula is C73H141NO5. The van der Waals surface area contributed by atoms with Crippen molar-refractivity contribution in [2.45, 2.75) is 418 Å². The Balaban J connectivity index is 3.37. The molecular weight excluding hydrogens is 971 g/mol. The Hall–Kier alpha value is -1.66. The quantitative estimate of drug-likeness (QED) is 0.0320. The SMILES string of the molecule is CCCCC/C=C\C/C=C\CCCCCCCCCCCC(=O)OCCCCCCCCCCCCCCCCCCCCCCCC(=O)NC(CO)C(O)CCCCCCCCCCCCCCCCCCCCCCCC. The van der Waals surface area contributed by atoms with Gasteiger partial charge in [-0.1, -0.05) is 359 Å². The van der Waals surface area contributed by atoms with Crippen LogP contribution in [0.2, 0.25) is 0 Å². The minimum Gasteiger partial charge on any atom is -0.466 e. The second-order valence-electron chi connectivity index (χ2n) is 24.9. The van der Waals surface area contributed by atoms with Crippen molar-refractivity contribution in [1.29, 1.82) is 0 Å². The van der Waals surface area contributed by atoms with Gasteiger partial charge in [-0.3, -0.25) is 9.59 Å². The minimum atomic E-state index is -0.666.